The summed E-state index contributed by atoms with van der Waals surface area (Å²) >= 11 is 0.153. The second-order valence-corrected chi connectivity index (χ2v) is 3.21. The summed E-state index contributed by atoms with van der Waals surface area (Å²) in [6.45, 7) is 8.03. The van der Waals surface area contributed by atoms with Crippen LogP contribution in [0.3, 0.4) is 0 Å². The van der Waals surface area contributed by atoms with Gasteiger partial charge in [0.05, 0.1) is 11.9 Å². The molecule has 0 aromatic rings. The minimum absolute atomic E-state index is 0.153. The molecule has 2 nitrogen and oxygen atoms in total. The Labute approximate surface area is 60.9 Å². The molecule has 0 spiro atoms. The molecule has 0 radical (unpaired) electrons. The molecular weight excluding hydrogens is 134 g/mol. The van der Waals surface area contributed by atoms with E-state index >= 15 is 0 Å². The van der Waals surface area contributed by atoms with E-state index in [0.717, 1.165) is 13.1 Å². The van der Waals surface area contributed by atoms with Crippen LogP contribution in [0.1, 0.15) is 20.8 Å². The van der Waals surface area contributed by atoms with Crippen molar-refractivity contribution in [2.45, 2.75) is 20.8 Å². The van der Waals surface area contributed by atoms with Crippen LogP contribution in [-0.2, 0) is 11.9 Å². The summed E-state index contributed by atoms with van der Waals surface area (Å²) in [7, 11) is 0. The first-order valence-electron chi connectivity index (χ1n) is 3.29. The van der Waals surface area contributed by atoms with Gasteiger partial charge in [-0.25, -0.2) is 8.51 Å². The SMILES string of the molecule is CCN(CC(C)C)[SH]=O. The lowest BCUT2D eigenvalue weighted by molar-refractivity contribution is 0.412. The van der Waals surface area contributed by atoms with Crippen molar-refractivity contribution in [1.29, 1.82) is 0 Å². The van der Waals surface area contributed by atoms with Gasteiger partial charge in [-0.2, -0.15) is 0 Å². The van der Waals surface area contributed by atoms with Crippen LogP contribution >= 0.6 is 0 Å². The summed E-state index contributed by atoms with van der Waals surface area (Å²) in [6, 6.07) is 0. The molecule has 0 saturated carbocycles. The highest BCUT2D eigenvalue weighted by molar-refractivity contribution is 7.62. The number of rotatable bonds is 4. The Balaban J connectivity index is 3.42. The zero-order valence-electron chi connectivity index (χ0n) is 6.29. The van der Waals surface area contributed by atoms with Crippen molar-refractivity contribution < 1.29 is 4.21 Å². The summed E-state index contributed by atoms with van der Waals surface area (Å²) in [5.41, 5.74) is 0. The van der Waals surface area contributed by atoms with Crippen molar-refractivity contribution in [2.75, 3.05) is 13.1 Å². The molecule has 0 aliphatic rings. The van der Waals surface area contributed by atoms with Crippen LogP contribution in [0.2, 0.25) is 0 Å². The molecule has 56 valence electrons. The summed E-state index contributed by atoms with van der Waals surface area (Å²) < 4.78 is 12.2. The van der Waals surface area contributed by atoms with Crippen LogP contribution in [0.5, 0.6) is 0 Å². The average molecular weight is 149 g/mol. The van der Waals surface area contributed by atoms with Gasteiger partial charge in [0.15, 0.2) is 0 Å². The van der Waals surface area contributed by atoms with E-state index in [1.807, 2.05) is 11.2 Å². The molecule has 9 heavy (non-hydrogen) atoms. The van der Waals surface area contributed by atoms with Gasteiger partial charge >= 0.3 is 0 Å². The average Bonchev–Trinajstić information content (AvgIpc) is 1.82. The molecular formula is C6H15NOS. The maximum Gasteiger partial charge on any atom is 0.0808 e. The van der Waals surface area contributed by atoms with E-state index in [-0.39, 0.29) is 11.9 Å². The van der Waals surface area contributed by atoms with Gasteiger partial charge in [0.2, 0.25) is 0 Å². The van der Waals surface area contributed by atoms with Gasteiger partial charge in [0.25, 0.3) is 0 Å². The Morgan fingerprint density at radius 2 is 2.11 bits per heavy atom. The molecule has 0 aliphatic carbocycles. The predicted molar refractivity (Wildman–Crippen MR) is 41.6 cm³/mol. The molecule has 0 atom stereocenters. The molecule has 0 heterocycles. The van der Waals surface area contributed by atoms with Crippen molar-refractivity contribution in [3.8, 4) is 0 Å². The van der Waals surface area contributed by atoms with E-state index < -0.39 is 0 Å². The normalized spacial score (nSPS) is 11.2. The van der Waals surface area contributed by atoms with Crippen molar-refractivity contribution >= 4 is 11.9 Å². The van der Waals surface area contributed by atoms with Gasteiger partial charge in [-0.15, -0.1) is 0 Å². The van der Waals surface area contributed by atoms with Gasteiger partial charge in [0.1, 0.15) is 0 Å². The fraction of sp³-hybridized carbons (Fsp3) is 1.00. The third kappa shape index (κ3) is 4.60. The zero-order valence-corrected chi connectivity index (χ0v) is 7.19. The smallest absolute Gasteiger partial charge is 0.0808 e. The third-order valence-corrected chi connectivity index (χ3v) is 1.73. The number of nitrogens with zero attached hydrogens (tertiary/aromatic N) is 1. The molecule has 3 heteroatoms. The highest BCUT2D eigenvalue weighted by Crippen LogP contribution is 1.95. The molecule has 0 fully saturated rings. The number of thiol groups is 1. The molecule has 0 aromatic heterocycles. The second kappa shape index (κ2) is 4.94. The maximum absolute atomic E-state index is 10.3. The molecule has 0 rings (SSSR count). The van der Waals surface area contributed by atoms with E-state index in [0.29, 0.717) is 5.92 Å². The van der Waals surface area contributed by atoms with Crippen molar-refractivity contribution in [3.05, 3.63) is 0 Å². The summed E-state index contributed by atoms with van der Waals surface area (Å²) in [4.78, 5) is 0. The molecule has 0 bridgehead atoms. The van der Waals surface area contributed by atoms with Crippen LogP contribution in [0.15, 0.2) is 0 Å². The van der Waals surface area contributed by atoms with Crippen molar-refractivity contribution in [3.63, 3.8) is 0 Å². The van der Waals surface area contributed by atoms with E-state index in [4.69, 9.17) is 0 Å². The molecule has 0 N–H and O–H groups in total. The Bertz CT molecular complexity index is 85.1. The lowest BCUT2D eigenvalue weighted by Gasteiger charge is -2.13. The van der Waals surface area contributed by atoms with Crippen LogP contribution < -0.4 is 0 Å². The fourth-order valence-electron chi connectivity index (χ4n) is 0.642. The molecule has 0 saturated heterocycles. The van der Waals surface area contributed by atoms with Gasteiger partial charge in [-0.05, 0) is 5.92 Å². The largest absolute Gasteiger partial charge is 0.246 e. The number of hydrogen-bond donors (Lipinski definition) is 1. The van der Waals surface area contributed by atoms with Crippen molar-refractivity contribution in [2.24, 2.45) is 5.92 Å². The third-order valence-electron chi connectivity index (χ3n) is 1.06. The summed E-state index contributed by atoms with van der Waals surface area (Å²) in [5.74, 6) is 0.603. The van der Waals surface area contributed by atoms with Gasteiger partial charge in [-0.1, -0.05) is 20.8 Å². The van der Waals surface area contributed by atoms with Crippen LogP contribution in [0.25, 0.3) is 0 Å². The minimum Gasteiger partial charge on any atom is -0.246 e. The summed E-state index contributed by atoms with van der Waals surface area (Å²) in [6.07, 6.45) is 0. The van der Waals surface area contributed by atoms with E-state index in [2.05, 4.69) is 13.8 Å². The molecule has 0 amide bonds. The van der Waals surface area contributed by atoms with E-state index in [9.17, 15) is 4.21 Å². The first kappa shape index (κ1) is 9.11. The summed E-state index contributed by atoms with van der Waals surface area (Å²) in [5, 5.41) is 0. The highest BCUT2D eigenvalue weighted by Gasteiger charge is 2.00. The van der Waals surface area contributed by atoms with Gasteiger partial charge < -0.3 is 0 Å². The molecule has 0 aromatic carbocycles. The Morgan fingerprint density at radius 3 is 2.22 bits per heavy atom. The van der Waals surface area contributed by atoms with Crippen LogP contribution in [0.4, 0.5) is 0 Å². The van der Waals surface area contributed by atoms with E-state index in [1.165, 1.54) is 0 Å². The predicted octanol–water partition coefficient (Wildman–Crippen LogP) is 0.825. The lowest BCUT2D eigenvalue weighted by atomic mass is 10.2. The fourth-order valence-corrected chi connectivity index (χ4v) is 1.15. The zero-order chi connectivity index (χ0) is 7.28. The lowest BCUT2D eigenvalue weighted by Crippen LogP contribution is -2.22. The number of hydrogen-bond acceptors (Lipinski definition) is 1. The van der Waals surface area contributed by atoms with Gasteiger partial charge in [-0.3, -0.25) is 0 Å². The molecule has 0 unspecified atom stereocenters. The van der Waals surface area contributed by atoms with Crippen LogP contribution in [0, 0.1) is 5.92 Å². The minimum atomic E-state index is 0.153. The highest BCUT2D eigenvalue weighted by atomic mass is 32.2. The monoisotopic (exact) mass is 149 g/mol. The first-order valence-corrected chi connectivity index (χ1v) is 4.05. The first-order chi connectivity index (χ1) is 4.20. The second-order valence-electron chi connectivity index (χ2n) is 2.48. The van der Waals surface area contributed by atoms with E-state index in [1.54, 1.807) is 0 Å². The quantitative estimate of drug-likeness (QED) is 0.587. The standard InChI is InChI=1S/C6H15NOS/c1-4-7(9-8)5-6(2)3/h6,9H,4-5H2,1-3H3. The molecule has 0 aliphatic heterocycles. The Hall–Kier alpha value is 0.110. The van der Waals surface area contributed by atoms with Crippen LogP contribution in [-0.4, -0.2) is 21.6 Å². The maximum atomic E-state index is 10.3. The Morgan fingerprint density at radius 1 is 1.56 bits per heavy atom. The van der Waals surface area contributed by atoms with Gasteiger partial charge in [0, 0.05) is 13.1 Å². The van der Waals surface area contributed by atoms with Crippen molar-refractivity contribution in [1.82, 2.24) is 4.31 Å². The Kier molecular flexibility index (Phi) is 5.00. The topological polar surface area (TPSA) is 20.3 Å².